The minimum atomic E-state index is -4.11. The van der Waals surface area contributed by atoms with Gasteiger partial charge in [-0.15, -0.1) is 0 Å². The Kier molecular flexibility index (Phi) is 8.12. The van der Waals surface area contributed by atoms with E-state index in [1.165, 1.54) is 8.61 Å². The third kappa shape index (κ3) is 5.61. The molecule has 0 spiro atoms. The average molecular weight is 665 g/mol. The van der Waals surface area contributed by atoms with Crippen LogP contribution < -0.4 is 0 Å². The molecule has 5 aromatic carbocycles. The number of hydrogen-bond donors (Lipinski definition) is 0. The highest BCUT2D eigenvalue weighted by Gasteiger charge is 2.54. The molecule has 0 aliphatic carbocycles. The summed E-state index contributed by atoms with van der Waals surface area (Å²) in [6.45, 7) is 3.67. The van der Waals surface area contributed by atoms with Gasteiger partial charge in [0.15, 0.2) is 0 Å². The Morgan fingerprint density at radius 3 is 1.85 bits per heavy atom. The molecule has 240 valence electrons. The monoisotopic (exact) mass is 664 g/mol. The van der Waals surface area contributed by atoms with E-state index in [1.807, 2.05) is 86.6 Å². The number of carbonyl (C=O) groups is 1. The van der Waals surface area contributed by atoms with E-state index in [0.29, 0.717) is 0 Å². The summed E-state index contributed by atoms with van der Waals surface area (Å²) in [4.78, 5) is 14.4. The molecule has 5 aromatic rings. The fraction of sp³-hybridized carbons (Fsp3) is 0.237. The van der Waals surface area contributed by atoms with Gasteiger partial charge < -0.3 is 0 Å². The molecule has 47 heavy (non-hydrogen) atoms. The van der Waals surface area contributed by atoms with E-state index in [0.717, 1.165) is 33.0 Å². The van der Waals surface area contributed by atoms with Crippen molar-refractivity contribution in [2.45, 2.75) is 54.6 Å². The highest BCUT2D eigenvalue weighted by Crippen LogP contribution is 2.49. The van der Waals surface area contributed by atoms with Gasteiger partial charge in [-0.2, -0.15) is 8.61 Å². The van der Waals surface area contributed by atoms with Crippen molar-refractivity contribution in [2.24, 2.45) is 5.92 Å². The number of ketones is 1. The number of fused-ring (bicyclic) bond motifs is 2. The summed E-state index contributed by atoms with van der Waals surface area (Å²) in [5.74, 6) is -0.985. The molecule has 2 heterocycles. The zero-order valence-corrected chi connectivity index (χ0v) is 27.9. The van der Waals surface area contributed by atoms with Gasteiger partial charge in [0, 0.05) is 24.9 Å². The van der Waals surface area contributed by atoms with Gasteiger partial charge in [0.25, 0.3) is 0 Å². The van der Waals surface area contributed by atoms with Crippen LogP contribution in [0.4, 0.5) is 0 Å². The number of nitrogens with zero attached hydrogens (tertiary/aromatic N) is 2. The van der Waals surface area contributed by atoms with Crippen LogP contribution in [0.5, 0.6) is 0 Å². The maximum atomic E-state index is 14.7. The van der Waals surface area contributed by atoms with Crippen molar-refractivity contribution in [3.05, 3.63) is 144 Å². The van der Waals surface area contributed by atoms with Crippen LogP contribution in [0.1, 0.15) is 47.2 Å². The minimum Gasteiger partial charge on any atom is -0.299 e. The van der Waals surface area contributed by atoms with Crippen molar-refractivity contribution in [3.8, 4) is 0 Å². The summed E-state index contributed by atoms with van der Waals surface area (Å²) in [6, 6.07) is 34.1. The maximum Gasteiger partial charge on any atom is 0.243 e. The predicted octanol–water partition coefficient (Wildman–Crippen LogP) is 6.98. The standard InChI is InChI=1S/C38H36N2O5S2/c1-26-15-19-30(20-16-26)46(42,43)39-25-34-37(23-36(39)33-14-8-12-28-9-6-7-13-32(28)33)40(47(44,45)31-21-17-27(2)18-22-31)35(24-38(34)41)29-10-4-3-5-11-29/h3-22,34-37H,23-25H2,1-2H3/t34-,35+,36+,37+/m1/s1. The molecule has 0 radical (unpaired) electrons. The second-order valence-corrected chi connectivity index (χ2v) is 16.4. The Hall–Kier alpha value is -4.15. The summed E-state index contributed by atoms with van der Waals surface area (Å²) < 4.78 is 61.4. The normalized spacial score (nSPS) is 22.6. The number of sulfonamides is 2. The van der Waals surface area contributed by atoms with Gasteiger partial charge in [-0.05, 0) is 66.4 Å². The molecule has 9 heteroatoms. The molecule has 0 aromatic heterocycles. The third-order valence-electron chi connectivity index (χ3n) is 9.69. The Labute approximate surface area is 276 Å². The Morgan fingerprint density at radius 1 is 0.617 bits per heavy atom. The van der Waals surface area contributed by atoms with Crippen LogP contribution in [0.25, 0.3) is 10.8 Å². The zero-order valence-electron chi connectivity index (χ0n) is 26.2. The van der Waals surface area contributed by atoms with Crippen molar-refractivity contribution < 1.29 is 21.6 Å². The molecule has 2 saturated heterocycles. The maximum absolute atomic E-state index is 14.7. The van der Waals surface area contributed by atoms with Crippen molar-refractivity contribution in [1.82, 2.24) is 8.61 Å². The van der Waals surface area contributed by atoms with Crippen molar-refractivity contribution in [2.75, 3.05) is 6.54 Å². The zero-order chi connectivity index (χ0) is 32.9. The van der Waals surface area contributed by atoms with Gasteiger partial charge in [-0.1, -0.05) is 108 Å². The molecule has 7 nitrogen and oxygen atoms in total. The van der Waals surface area contributed by atoms with Gasteiger partial charge in [0.05, 0.1) is 21.9 Å². The number of carbonyl (C=O) groups excluding carboxylic acids is 1. The topological polar surface area (TPSA) is 91.8 Å². The van der Waals surface area contributed by atoms with Gasteiger partial charge in [0.2, 0.25) is 20.0 Å². The third-order valence-corrected chi connectivity index (χ3v) is 13.5. The number of rotatable bonds is 6. The first kappa shape index (κ1) is 31.4. The number of piperidine rings is 2. The molecule has 2 fully saturated rings. The Bertz CT molecular complexity index is 2160. The highest BCUT2D eigenvalue weighted by atomic mass is 32.2. The smallest absolute Gasteiger partial charge is 0.243 e. The quantitative estimate of drug-likeness (QED) is 0.195. The minimum absolute atomic E-state index is 0.0480. The SMILES string of the molecule is Cc1ccc(S(=O)(=O)N2C[C@H]3C(=O)C[C@@H](c4ccccc4)N(S(=O)(=O)c4ccc(C)cc4)[C@H]3C[C@H]2c2cccc3ccccc23)cc1. The lowest BCUT2D eigenvalue weighted by molar-refractivity contribution is -0.132. The van der Waals surface area contributed by atoms with E-state index in [1.54, 1.807) is 48.5 Å². The van der Waals surface area contributed by atoms with E-state index >= 15 is 0 Å². The molecular formula is C38H36N2O5S2. The summed E-state index contributed by atoms with van der Waals surface area (Å²) in [7, 11) is -8.20. The summed E-state index contributed by atoms with van der Waals surface area (Å²) in [6.07, 6.45) is 0.0670. The lowest BCUT2D eigenvalue weighted by atomic mass is 9.77. The molecular weight excluding hydrogens is 629 g/mol. The second kappa shape index (κ2) is 12.1. The fourth-order valence-electron chi connectivity index (χ4n) is 7.27. The van der Waals surface area contributed by atoms with E-state index in [4.69, 9.17) is 0 Å². The van der Waals surface area contributed by atoms with Gasteiger partial charge in [0.1, 0.15) is 5.78 Å². The number of aryl methyl sites for hydroxylation is 2. The number of benzene rings is 5. The van der Waals surface area contributed by atoms with Crippen LogP contribution >= 0.6 is 0 Å². The second-order valence-electron chi connectivity index (χ2n) is 12.6. The molecule has 0 saturated carbocycles. The molecule has 2 aliphatic rings. The van der Waals surface area contributed by atoms with Crippen LogP contribution in [0.3, 0.4) is 0 Å². The lowest BCUT2D eigenvalue weighted by Gasteiger charge is -2.51. The van der Waals surface area contributed by atoms with E-state index < -0.39 is 44.1 Å². The van der Waals surface area contributed by atoms with Crippen LogP contribution in [-0.2, 0) is 24.8 Å². The van der Waals surface area contributed by atoms with Gasteiger partial charge in [-0.25, -0.2) is 16.8 Å². The Morgan fingerprint density at radius 2 is 1.19 bits per heavy atom. The van der Waals surface area contributed by atoms with Crippen LogP contribution in [0.15, 0.2) is 131 Å². The Balaban J connectivity index is 1.42. The van der Waals surface area contributed by atoms with E-state index in [2.05, 4.69) is 0 Å². The number of hydrogen-bond acceptors (Lipinski definition) is 5. The van der Waals surface area contributed by atoms with Crippen molar-refractivity contribution >= 4 is 36.6 Å². The molecule has 0 bridgehead atoms. The first-order valence-corrected chi connectivity index (χ1v) is 18.7. The van der Waals surface area contributed by atoms with Crippen LogP contribution in [-0.4, -0.2) is 43.8 Å². The predicted molar refractivity (Wildman–Crippen MR) is 183 cm³/mol. The van der Waals surface area contributed by atoms with Crippen LogP contribution in [0, 0.1) is 19.8 Å². The summed E-state index contributed by atoms with van der Waals surface area (Å²) >= 11 is 0. The van der Waals surface area contributed by atoms with Crippen molar-refractivity contribution in [3.63, 3.8) is 0 Å². The molecule has 0 N–H and O–H groups in total. The van der Waals surface area contributed by atoms with Gasteiger partial charge >= 0.3 is 0 Å². The first-order chi connectivity index (χ1) is 22.6. The molecule has 0 unspecified atom stereocenters. The first-order valence-electron chi connectivity index (χ1n) is 15.8. The molecule has 7 rings (SSSR count). The average Bonchev–Trinajstić information content (AvgIpc) is 3.08. The summed E-state index contributed by atoms with van der Waals surface area (Å²) in [5, 5.41) is 1.84. The molecule has 2 aliphatic heterocycles. The lowest BCUT2D eigenvalue weighted by Crippen LogP contribution is -2.60. The van der Waals surface area contributed by atoms with Crippen molar-refractivity contribution in [1.29, 1.82) is 0 Å². The highest BCUT2D eigenvalue weighted by molar-refractivity contribution is 7.89. The largest absolute Gasteiger partial charge is 0.299 e. The molecule has 0 amide bonds. The van der Waals surface area contributed by atoms with E-state index in [-0.39, 0.29) is 35.0 Å². The van der Waals surface area contributed by atoms with Crippen LogP contribution in [0.2, 0.25) is 0 Å². The van der Waals surface area contributed by atoms with Gasteiger partial charge in [-0.3, -0.25) is 4.79 Å². The molecule has 4 atom stereocenters. The summed E-state index contributed by atoms with van der Waals surface area (Å²) in [5.41, 5.74) is 3.37. The van der Waals surface area contributed by atoms with E-state index in [9.17, 15) is 21.6 Å². The number of Topliss-reactive ketones (excluding diaryl/α,β-unsaturated/α-hetero) is 1. The fourth-order valence-corrected chi connectivity index (χ4v) is 10.8.